The van der Waals surface area contributed by atoms with Crippen LogP contribution in [0.25, 0.3) is 10.2 Å². The van der Waals surface area contributed by atoms with Gasteiger partial charge in [0.1, 0.15) is 11.3 Å². The van der Waals surface area contributed by atoms with Crippen LogP contribution in [-0.4, -0.2) is 25.4 Å². The van der Waals surface area contributed by atoms with Crippen LogP contribution in [0.2, 0.25) is 0 Å². The molecule has 1 N–H and O–H groups in total. The molecule has 1 aliphatic rings. The number of thiazole rings is 1. The van der Waals surface area contributed by atoms with Crippen molar-refractivity contribution in [3.05, 3.63) is 41.2 Å². The molecule has 7 heteroatoms. The van der Waals surface area contributed by atoms with Gasteiger partial charge in [-0.2, -0.15) is 0 Å². The lowest BCUT2D eigenvalue weighted by Gasteiger charge is -2.09. The van der Waals surface area contributed by atoms with E-state index < -0.39 is 0 Å². The van der Waals surface area contributed by atoms with Crippen LogP contribution in [0.5, 0.6) is 0 Å². The highest BCUT2D eigenvalue weighted by atomic mass is 32.1. The molecule has 1 amide bonds. The molecule has 0 saturated carbocycles. The highest BCUT2D eigenvalue weighted by molar-refractivity contribution is 7.20. The normalized spacial score (nSPS) is 17.1. The van der Waals surface area contributed by atoms with Gasteiger partial charge in [0, 0.05) is 24.6 Å². The van der Waals surface area contributed by atoms with Crippen LogP contribution in [0.15, 0.2) is 24.7 Å². The zero-order chi connectivity index (χ0) is 14.4. The van der Waals surface area contributed by atoms with E-state index in [1.54, 1.807) is 12.4 Å². The van der Waals surface area contributed by atoms with E-state index in [9.17, 15) is 4.79 Å². The average molecular weight is 299 g/mol. The van der Waals surface area contributed by atoms with Gasteiger partial charge in [-0.25, -0.2) is 9.97 Å². The topological polar surface area (TPSA) is 72.7 Å². The zero-order valence-corrected chi connectivity index (χ0v) is 12.2. The van der Waals surface area contributed by atoms with Crippen molar-refractivity contribution in [2.24, 2.45) is 0 Å². The summed E-state index contributed by atoms with van der Waals surface area (Å²) >= 11 is 1.38. The minimum Gasteiger partial charge on any atom is -0.340 e. The van der Waals surface area contributed by atoms with Crippen molar-refractivity contribution in [2.75, 3.05) is 0 Å². The number of nitrogens with one attached hydrogen (secondary N) is 1. The lowest BCUT2D eigenvalue weighted by atomic mass is 10.2. The highest BCUT2D eigenvalue weighted by Crippen LogP contribution is 2.27. The number of hydrogen-bond donors (Lipinski definition) is 1. The Bertz CT molecular complexity index is 804. The number of carbonyl (C=O) groups excluding carboxylic acids is 1. The number of fused-ring (bicyclic) bond motifs is 2. The summed E-state index contributed by atoms with van der Waals surface area (Å²) in [7, 11) is 0. The maximum Gasteiger partial charge on any atom is 0.280 e. The fraction of sp³-hybridized carbons (Fsp3) is 0.286. The summed E-state index contributed by atoms with van der Waals surface area (Å²) in [4.78, 5) is 25.1. The zero-order valence-electron chi connectivity index (χ0n) is 11.4. The average Bonchev–Trinajstić information content (AvgIpc) is 3.16. The first-order valence-corrected chi connectivity index (χ1v) is 7.57. The Morgan fingerprint density at radius 2 is 2.38 bits per heavy atom. The Kier molecular flexibility index (Phi) is 2.75. The molecule has 0 bridgehead atoms. The summed E-state index contributed by atoms with van der Waals surface area (Å²) in [6.07, 6.45) is 6.10. The predicted molar refractivity (Wildman–Crippen MR) is 79.2 cm³/mol. The second-order valence-corrected chi connectivity index (χ2v) is 6.12. The number of amides is 1. The summed E-state index contributed by atoms with van der Waals surface area (Å²) in [5, 5.41) is 3.50. The number of pyridine rings is 1. The minimum atomic E-state index is -0.143. The third-order valence-electron chi connectivity index (χ3n) is 3.73. The molecule has 1 atom stereocenters. The largest absolute Gasteiger partial charge is 0.340 e. The van der Waals surface area contributed by atoms with E-state index in [1.807, 2.05) is 19.2 Å². The van der Waals surface area contributed by atoms with Gasteiger partial charge in [0.25, 0.3) is 5.91 Å². The first kappa shape index (κ1) is 12.5. The van der Waals surface area contributed by atoms with Crippen molar-refractivity contribution < 1.29 is 4.79 Å². The summed E-state index contributed by atoms with van der Waals surface area (Å²) in [5.41, 5.74) is 1.89. The lowest BCUT2D eigenvalue weighted by Crippen LogP contribution is -2.27. The second kappa shape index (κ2) is 4.63. The molecule has 1 aliphatic heterocycles. The molecule has 106 valence electrons. The van der Waals surface area contributed by atoms with Crippen LogP contribution in [0.3, 0.4) is 0 Å². The third-order valence-corrected chi connectivity index (χ3v) is 4.76. The van der Waals surface area contributed by atoms with Crippen molar-refractivity contribution in [2.45, 2.75) is 25.9 Å². The predicted octanol–water partition coefficient (Wildman–Crippen LogP) is 2.07. The molecule has 0 aromatic carbocycles. The number of carbonyl (C=O) groups is 1. The SMILES string of the molecule is Cc1cnc2n1CCC2NC(=O)c1nc2cnccc2s1. The van der Waals surface area contributed by atoms with Gasteiger partial charge in [-0.1, -0.05) is 0 Å². The molecular weight excluding hydrogens is 286 g/mol. The summed E-state index contributed by atoms with van der Waals surface area (Å²) in [5.74, 6) is 0.791. The van der Waals surface area contributed by atoms with E-state index in [2.05, 4.69) is 24.8 Å². The number of imidazole rings is 1. The van der Waals surface area contributed by atoms with Crippen molar-refractivity contribution in [1.29, 1.82) is 0 Å². The molecule has 4 rings (SSSR count). The maximum absolute atomic E-state index is 12.4. The Morgan fingerprint density at radius 3 is 3.24 bits per heavy atom. The molecule has 4 heterocycles. The van der Waals surface area contributed by atoms with Crippen molar-refractivity contribution in [1.82, 2.24) is 24.8 Å². The van der Waals surface area contributed by atoms with Crippen LogP contribution >= 0.6 is 11.3 Å². The Balaban J connectivity index is 1.59. The molecule has 0 fully saturated rings. The fourth-order valence-electron chi connectivity index (χ4n) is 2.67. The van der Waals surface area contributed by atoms with E-state index in [0.717, 1.165) is 34.7 Å². The Labute approximate surface area is 124 Å². The van der Waals surface area contributed by atoms with Crippen molar-refractivity contribution in [3.63, 3.8) is 0 Å². The van der Waals surface area contributed by atoms with E-state index in [0.29, 0.717) is 5.01 Å². The Hall–Kier alpha value is -2.28. The van der Waals surface area contributed by atoms with Gasteiger partial charge in [-0.05, 0) is 19.4 Å². The van der Waals surface area contributed by atoms with Crippen LogP contribution in [0.4, 0.5) is 0 Å². The van der Waals surface area contributed by atoms with Gasteiger partial charge in [0.2, 0.25) is 0 Å². The van der Waals surface area contributed by atoms with Crippen molar-refractivity contribution in [3.8, 4) is 0 Å². The van der Waals surface area contributed by atoms with Gasteiger partial charge in [-0.15, -0.1) is 11.3 Å². The summed E-state index contributed by atoms with van der Waals surface area (Å²) < 4.78 is 3.12. The quantitative estimate of drug-likeness (QED) is 0.786. The molecule has 0 saturated heterocycles. The molecule has 0 aliphatic carbocycles. The fourth-order valence-corrected chi connectivity index (χ4v) is 3.51. The van der Waals surface area contributed by atoms with Gasteiger partial charge in [-0.3, -0.25) is 9.78 Å². The molecular formula is C14H13N5OS. The number of rotatable bonds is 2. The van der Waals surface area contributed by atoms with Gasteiger partial charge < -0.3 is 9.88 Å². The Morgan fingerprint density at radius 1 is 1.48 bits per heavy atom. The monoisotopic (exact) mass is 299 g/mol. The minimum absolute atomic E-state index is 0.0312. The summed E-state index contributed by atoms with van der Waals surface area (Å²) in [6, 6.07) is 1.84. The molecule has 1 unspecified atom stereocenters. The van der Waals surface area contributed by atoms with Crippen LogP contribution in [0, 0.1) is 6.92 Å². The van der Waals surface area contributed by atoms with Crippen LogP contribution < -0.4 is 5.32 Å². The van der Waals surface area contributed by atoms with E-state index in [1.165, 1.54) is 11.3 Å². The first-order valence-electron chi connectivity index (χ1n) is 6.76. The molecule has 21 heavy (non-hydrogen) atoms. The highest BCUT2D eigenvalue weighted by Gasteiger charge is 2.27. The van der Waals surface area contributed by atoms with E-state index >= 15 is 0 Å². The van der Waals surface area contributed by atoms with Crippen molar-refractivity contribution >= 4 is 27.5 Å². The van der Waals surface area contributed by atoms with Gasteiger partial charge in [0.05, 0.1) is 16.9 Å². The molecule has 6 nitrogen and oxygen atoms in total. The van der Waals surface area contributed by atoms with E-state index in [4.69, 9.17) is 0 Å². The molecule has 3 aromatic rings. The lowest BCUT2D eigenvalue weighted by molar-refractivity contribution is 0.0936. The molecule has 0 spiro atoms. The standard InChI is InChI=1S/C14H13N5OS/c1-8-6-16-12-9(3-5-19(8)12)17-13(20)14-18-10-7-15-4-2-11(10)21-14/h2,4,6-7,9H,3,5H2,1H3,(H,17,20). The molecule has 0 radical (unpaired) electrons. The van der Waals surface area contributed by atoms with Crippen LogP contribution in [-0.2, 0) is 6.54 Å². The summed E-state index contributed by atoms with van der Waals surface area (Å²) in [6.45, 7) is 2.93. The number of nitrogens with zero attached hydrogens (tertiary/aromatic N) is 4. The smallest absolute Gasteiger partial charge is 0.280 e. The van der Waals surface area contributed by atoms with Gasteiger partial charge >= 0.3 is 0 Å². The van der Waals surface area contributed by atoms with Gasteiger partial charge in [0.15, 0.2) is 5.01 Å². The number of aromatic nitrogens is 4. The van der Waals surface area contributed by atoms with Crippen LogP contribution in [0.1, 0.15) is 33.8 Å². The second-order valence-electron chi connectivity index (χ2n) is 5.09. The molecule has 3 aromatic heterocycles. The first-order chi connectivity index (χ1) is 10.2. The number of aryl methyl sites for hydroxylation is 1. The third kappa shape index (κ3) is 2.01. The number of hydrogen-bond acceptors (Lipinski definition) is 5. The van der Waals surface area contributed by atoms with E-state index in [-0.39, 0.29) is 11.9 Å². The maximum atomic E-state index is 12.4.